The number of phenolic OH excluding ortho intramolecular Hbond substituents is 2. The van der Waals surface area contributed by atoms with Gasteiger partial charge in [0.25, 0.3) is 0 Å². The highest BCUT2D eigenvalue weighted by Crippen LogP contribution is 2.38. The molecule has 0 saturated carbocycles. The molecule has 0 aliphatic rings. The Hall–Kier alpha value is -0.850. The predicted molar refractivity (Wildman–Crippen MR) is 56.0 cm³/mol. The molecule has 0 spiro atoms. The summed E-state index contributed by atoms with van der Waals surface area (Å²) in [6.07, 6.45) is -1.20. The molecule has 2 unspecified atom stereocenters. The van der Waals surface area contributed by atoms with Gasteiger partial charge in [-0.15, -0.1) is 0 Å². The highest BCUT2D eigenvalue weighted by Gasteiger charge is 2.22. The normalized spacial score (nSPS) is 15.0. The van der Waals surface area contributed by atoms with Crippen molar-refractivity contribution in [1.82, 2.24) is 0 Å². The minimum atomic E-state index is -1.20. The smallest absolute Gasteiger partial charge is 0.207 e. The van der Waals surface area contributed by atoms with Crippen molar-refractivity contribution >= 4 is 15.9 Å². The molecule has 1 aromatic rings. The second kappa shape index (κ2) is 4.34. The minimum absolute atomic E-state index is 0.0486. The molecule has 5 N–H and O–H groups in total. The average molecular weight is 280 g/mol. The first-order chi connectivity index (χ1) is 6.86. The lowest BCUT2D eigenvalue weighted by Crippen LogP contribution is -2.24. The lowest BCUT2D eigenvalue weighted by atomic mass is 10.0. The summed E-state index contributed by atoms with van der Waals surface area (Å²) in [4.78, 5) is 0. The molecule has 6 heteroatoms. The summed E-state index contributed by atoms with van der Waals surface area (Å²) in [7, 11) is 0. The van der Waals surface area contributed by atoms with Gasteiger partial charge >= 0.3 is 0 Å². The van der Waals surface area contributed by atoms with Gasteiger partial charge in [0.15, 0.2) is 11.5 Å². The van der Waals surface area contributed by atoms with Gasteiger partial charge in [-0.05, 0) is 28.9 Å². The Morgan fingerprint density at radius 1 is 1.40 bits per heavy atom. The lowest BCUT2D eigenvalue weighted by Gasteiger charge is -2.17. The zero-order valence-corrected chi connectivity index (χ0v) is 9.49. The number of benzene rings is 1. The average Bonchev–Trinajstić information content (AvgIpc) is 2.19. The number of aliphatic hydroxyl groups is 1. The summed E-state index contributed by atoms with van der Waals surface area (Å²) >= 11 is 2.90. The molecule has 0 heterocycles. The third kappa shape index (κ3) is 2.22. The number of hydrogen-bond acceptors (Lipinski definition) is 4. The van der Waals surface area contributed by atoms with Crippen LogP contribution in [-0.2, 0) is 0 Å². The van der Waals surface area contributed by atoms with Crippen LogP contribution in [0, 0.1) is 5.82 Å². The third-order valence-corrected chi connectivity index (χ3v) is 2.62. The van der Waals surface area contributed by atoms with Crippen LogP contribution in [0.1, 0.15) is 18.6 Å². The van der Waals surface area contributed by atoms with Gasteiger partial charge in [-0.25, -0.2) is 0 Å². The van der Waals surface area contributed by atoms with E-state index in [-0.39, 0.29) is 10.0 Å². The van der Waals surface area contributed by atoms with Crippen molar-refractivity contribution in [3.8, 4) is 11.5 Å². The van der Waals surface area contributed by atoms with E-state index < -0.39 is 29.5 Å². The fraction of sp³-hybridized carbons (Fsp3) is 0.333. The van der Waals surface area contributed by atoms with Crippen LogP contribution >= 0.6 is 15.9 Å². The van der Waals surface area contributed by atoms with Crippen LogP contribution in [-0.4, -0.2) is 21.4 Å². The number of aromatic hydroxyl groups is 2. The quantitative estimate of drug-likeness (QED) is 0.659. The molecule has 4 nitrogen and oxygen atoms in total. The molecular formula is C9H11BrFNO3. The van der Waals surface area contributed by atoms with Crippen LogP contribution in [0.25, 0.3) is 0 Å². The molecule has 0 aromatic heterocycles. The summed E-state index contributed by atoms with van der Waals surface area (Å²) in [6.45, 7) is 1.52. The lowest BCUT2D eigenvalue weighted by molar-refractivity contribution is 0.148. The fourth-order valence-electron chi connectivity index (χ4n) is 1.13. The summed E-state index contributed by atoms with van der Waals surface area (Å²) in [5.41, 5.74) is 5.35. The van der Waals surface area contributed by atoms with Gasteiger partial charge in [-0.2, -0.15) is 4.39 Å². The summed E-state index contributed by atoms with van der Waals surface area (Å²) < 4.78 is 13.2. The fourth-order valence-corrected chi connectivity index (χ4v) is 1.55. The Bertz CT molecular complexity index is 384. The van der Waals surface area contributed by atoms with Crippen molar-refractivity contribution in [3.63, 3.8) is 0 Å². The molecule has 2 atom stereocenters. The van der Waals surface area contributed by atoms with Gasteiger partial charge in [0.05, 0.1) is 10.6 Å². The highest BCUT2D eigenvalue weighted by molar-refractivity contribution is 9.10. The second-order valence-corrected chi connectivity index (χ2v) is 4.12. The zero-order valence-electron chi connectivity index (χ0n) is 7.91. The van der Waals surface area contributed by atoms with E-state index in [1.165, 1.54) is 13.0 Å². The van der Waals surface area contributed by atoms with Gasteiger partial charge in [-0.3, -0.25) is 0 Å². The van der Waals surface area contributed by atoms with E-state index in [1.54, 1.807) is 0 Å². The van der Waals surface area contributed by atoms with Crippen LogP contribution in [0.2, 0.25) is 0 Å². The Labute approximate surface area is 94.3 Å². The molecule has 84 valence electrons. The first-order valence-electron chi connectivity index (χ1n) is 4.19. The number of rotatable bonds is 2. The largest absolute Gasteiger partial charge is 0.504 e. The zero-order chi connectivity index (χ0) is 11.7. The Morgan fingerprint density at radius 2 is 1.93 bits per heavy atom. The van der Waals surface area contributed by atoms with Gasteiger partial charge in [-0.1, -0.05) is 0 Å². The number of phenols is 2. The molecule has 0 saturated heterocycles. The number of aliphatic hydroxyl groups excluding tert-OH is 1. The van der Waals surface area contributed by atoms with Crippen molar-refractivity contribution in [2.45, 2.75) is 19.1 Å². The Kier molecular flexibility index (Phi) is 3.54. The van der Waals surface area contributed by atoms with E-state index >= 15 is 0 Å². The van der Waals surface area contributed by atoms with Gasteiger partial charge in [0.2, 0.25) is 5.82 Å². The minimum Gasteiger partial charge on any atom is -0.504 e. The van der Waals surface area contributed by atoms with Crippen molar-refractivity contribution < 1.29 is 19.7 Å². The van der Waals surface area contributed by atoms with Crippen LogP contribution < -0.4 is 5.73 Å². The number of hydrogen-bond donors (Lipinski definition) is 4. The second-order valence-electron chi connectivity index (χ2n) is 3.26. The maximum atomic E-state index is 13.2. The van der Waals surface area contributed by atoms with E-state index in [4.69, 9.17) is 10.8 Å². The monoisotopic (exact) mass is 279 g/mol. The standard InChI is InChI=1S/C9H11BrFNO3/c1-3(12)7(13)4-2-5(10)9(15)6(11)8(4)14/h2-3,7,13-15H,12H2,1H3. The maximum absolute atomic E-state index is 13.2. The van der Waals surface area contributed by atoms with Crippen LogP contribution in [0.4, 0.5) is 4.39 Å². The number of nitrogens with two attached hydrogens (primary N) is 1. The molecule has 0 radical (unpaired) electrons. The van der Waals surface area contributed by atoms with Crippen LogP contribution in [0.15, 0.2) is 10.5 Å². The van der Waals surface area contributed by atoms with Crippen molar-refractivity contribution in [3.05, 3.63) is 21.9 Å². The van der Waals surface area contributed by atoms with Crippen molar-refractivity contribution in [2.75, 3.05) is 0 Å². The maximum Gasteiger partial charge on any atom is 0.207 e. The topological polar surface area (TPSA) is 86.7 Å². The molecule has 0 aliphatic heterocycles. The van der Waals surface area contributed by atoms with Gasteiger partial charge in [0.1, 0.15) is 0 Å². The molecule has 0 bridgehead atoms. The molecule has 1 aromatic carbocycles. The highest BCUT2D eigenvalue weighted by atomic mass is 79.9. The van der Waals surface area contributed by atoms with Crippen LogP contribution in [0.3, 0.4) is 0 Å². The predicted octanol–water partition coefficient (Wildman–Crippen LogP) is 1.38. The van der Waals surface area contributed by atoms with E-state index in [2.05, 4.69) is 15.9 Å². The van der Waals surface area contributed by atoms with Crippen molar-refractivity contribution in [2.24, 2.45) is 5.73 Å². The summed E-state index contributed by atoms with van der Waals surface area (Å²) in [5.74, 6) is -2.67. The third-order valence-electron chi connectivity index (χ3n) is 2.01. The first-order valence-corrected chi connectivity index (χ1v) is 4.99. The van der Waals surface area contributed by atoms with E-state index in [0.717, 1.165) is 0 Å². The molecule has 0 fully saturated rings. The van der Waals surface area contributed by atoms with Crippen molar-refractivity contribution in [1.29, 1.82) is 0 Å². The summed E-state index contributed by atoms with van der Waals surface area (Å²) in [5, 5.41) is 28.1. The van der Waals surface area contributed by atoms with E-state index in [0.29, 0.717) is 0 Å². The molecule has 15 heavy (non-hydrogen) atoms. The van der Waals surface area contributed by atoms with E-state index in [1.807, 2.05) is 0 Å². The molecule has 0 aliphatic carbocycles. The summed E-state index contributed by atoms with van der Waals surface area (Å²) in [6, 6.07) is 0.564. The Balaban J connectivity index is 3.32. The van der Waals surface area contributed by atoms with Gasteiger partial charge in [0, 0.05) is 11.6 Å². The SMILES string of the molecule is CC(N)C(O)c1cc(Br)c(O)c(F)c1O. The number of halogens is 2. The molecule has 1 rings (SSSR count). The molecule has 0 amide bonds. The first kappa shape index (κ1) is 12.2. The van der Waals surface area contributed by atoms with Crippen LogP contribution in [0.5, 0.6) is 11.5 Å². The van der Waals surface area contributed by atoms with E-state index in [9.17, 15) is 14.6 Å². The Morgan fingerprint density at radius 3 is 2.40 bits per heavy atom. The van der Waals surface area contributed by atoms with Gasteiger partial charge < -0.3 is 21.1 Å². The molecular weight excluding hydrogens is 269 g/mol.